The minimum atomic E-state index is -0.542. The molecule has 8 heteroatoms. The van der Waals surface area contributed by atoms with Crippen LogP contribution in [-0.4, -0.2) is 24.0 Å². The Hall–Kier alpha value is -3.71. The number of halogens is 2. The number of hydrogen-bond acceptors (Lipinski definition) is 5. The molecule has 0 saturated carbocycles. The summed E-state index contributed by atoms with van der Waals surface area (Å²) >= 11 is 13.4. The maximum Gasteiger partial charge on any atom is 0.341 e. The number of carbonyl (C=O) groups is 2. The molecule has 37 heavy (non-hydrogen) atoms. The van der Waals surface area contributed by atoms with E-state index in [0.29, 0.717) is 48.3 Å². The Morgan fingerprint density at radius 3 is 2.14 bits per heavy atom. The van der Waals surface area contributed by atoms with Crippen LogP contribution in [0.1, 0.15) is 26.3 Å². The van der Waals surface area contributed by atoms with E-state index >= 15 is 0 Å². The number of methoxy groups -OCH3 is 1. The van der Waals surface area contributed by atoms with E-state index in [9.17, 15) is 9.59 Å². The van der Waals surface area contributed by atoms with Crippen LogP contribution < -0.4 is 5.32 Å². The van der Waals surface area contributed by atoms with Crippen LogP contribution >= 0.6 is 34.5 Å². The molecule has 0 atom stereocenters. The normalized spacial score (nSPS) is 10.9. The molecule has 2 heterocycles. The van der Waals surface area contributed by atoms with Crippen molar-refractivity contribution in [2.75, 3.05) is 12.4 Å². The number of esters is 1. The molecule has 0 bridgehead atoms. The van der Waals surface area contributed by atoms with Gasteiger partial charge < -0.3 is 10.1 Å². The van der Waals surface area contributed by atoms with Gasteiger partial charge in [0.15, 0.2) is 0 Å². The zero-order valence-corrected chi connectivity index (χ0v) is 22.2. The summed E-state index contributed by atoms with van der Waals surface area (Å²) in [6, 6.07) is 22.0. The van der Waals surface area contributed by atoms with E-state index in [-0.39, 0.29) is 11.5 Å². The molecular formula is C29H20Cl2N2O3S. The lowest BCUT2D eigenvalue weighted by molar-refractivity contribution is 0.0603. The average molecular weight is 547 g/mol. The topological polar surface area (TPSA) is 68.3 Å². The third-order valence-electron chi connectivity index (χ3n) is 6.04. The number of nitrogens with zero attached hydrogens (tertiary/aromatic N) is 1. The van der Waals surface area contributed by atoms with Crippen LogP contribution in [0.2, 0.25) is 10.0 Å². The predicted molar refractivity (Wildman–Crippen MR) is 151 cm³/mol. The number of nitrogens with one attached hydrogen (secondary N) is 1. The van der Waals surface area contributed by atoms with E-state index in [1.165, 1.54) is 18.4 Å². The third-order valence-corrected chi connectivity index (χ3v) is 7.44. The Labute approximate surface area is 227 Å². The third kappa shape index (κ3) is 4.83. The molecule has 0 aliphatic carbocycles. The van der Waals surface area contributed by atoms with Crippen molar-refractivity contribution in [3.63, 3.8) is 0 Å². The van der Waals surface area contributed by atoms with E-state index in [1.54, 1.807) is 24.3 Å². The van der Waals surface area contributed by atoms with Crippen LogP contribution in [0.3, 0.4) is 0 Å². The van der Waals surface area contributed by atoms with Crippen molar-refractivity contribution in [3.05, 3.63) is 105 Å². The molecule has 3 aromatic carbocycles. The van der Waals surface area contributed by atoms with E-state index in [4.69, 9.17) is 32.9 Å². The number of benzene rings is 3. The second kappa shape index (κ2) is 10.3. The highest BCUT2D eigenvalue weighted by Crippen LogP contribution is 2.38. The first-order valence-electron chi connectivity index (χ1n) is 11.3. The molecule has 184 valence electrons. The maximum atomic E-state index is 13.8. The standard InChI is InChI=1S/C29H20Cl2N2O3S/c1-16-24(21-5-3-4-6-23(21)32-26(16)18-9-13-20(31)14-10-18)27(34)33-28-25(29(35)36-2)22(15-37-28)17-7-11-19(30)12-8-17/h3-15H,1-2H3,(H,33,34). The molecule has 5 aromatic rings. The molecule has 0 spiro atoms. The first-order chi connectivity index (χ1) is 17.9. The summed E-state index contributed by atoms with van der Waals surface area (Å²) in [5, 5.41) is 7.10. The lowest BCUT2D eigenvalue weighted by atomic mass is 9.97. The Morgan fingerprint density at radius 1 is 0.865 bits per heavy atom. The molecule has 5 rings (SSSR count). The summed E-state index contributed by atoms with van der Waals surface area (Å²) in [5.74, 6) is -0.888. The van der Waals surface area contributed by atoms with Crippen molar-refractivity contribution in [1.29, 1.82) is 0 Å². The van der Waals surface area contributed by atoms with E-state index < -0.39 is 5.97 Å². The van der Waals surface area contributed by atoms with Crippen molar-refractivity contribution < 1.29 is 14.3 Å². The fourth-order valence-corrected chi connectivity index (χ4v) is 5.46. The number of aromatic nitrogens is 1. The van der Waals surface area contributed by atoms with Gasteiger partial charge in [-0.05, 0) is 48.4 Å². The Kier molecular flexibility index (Phi) is 6.98. The fraction of sp³-hybridized carbons (Fsp3) is 0.0690. The van der Waals surface area contributed by atoms with Crippen molar-refractivity contribution in [2.45, 2.75) is 6.92 Å². The van der Waals surface area contributed by atoms with Crippen LogP contribution in [0.5, 0.6) is 0 Å². The maximum absolute atomic E-state index is 13.8. The molecule has 0 fully saturated rings. The Balaban J connectivity index is 1.62. The van der Waals surface area contributed by atoms with Crippen molar-refractivity contribution >= 4 is 62.3 Å². The van der Waals surface area contributed by atoms with Gasteiger partial charge >= 0.3 is 5.97 Å². The smallest absolute Gasteiger partial charge is 0.341 e. The summed E-state index contributed by atoms with van der Waals surface area (Å²) in [7, 11) is 1.32. The van der Waals surface area contributed by atoms with Crippen LogP contribution in [0.15, 0.2) is 78.2 Å². The zero-order valence-electron chi connectivity index (χ0n) is 19.8. The van der Waals surface area contributed by atoms with Gasteiger partial charge in [0.25, 0.3) is 5.91 Å². The Morgan fingerprint density at radius 2 is 1.49 bits per heavy atom. The summed E-state index contributed by atoms with van der Waals surface area (Å²) in [6.45, 7) is 1.87. The van der Waals surface area contributed by atoms with Gasteiger partial charge in [0.2, 0.25) is 0 Å². The minimum Gasteiger partial charge on any atom is -0.465 e. The number of carbonyl (C=O) groups excluding carboxylic acids is 2. The predicted octanol–water partition coefficient (Wildman–Crippen LogP) is 8.28. The number of amides is 1. The number of fused-ring (bicyclic) bond motifs is 1. The van der Waals surface area contributed by atoms with Gasteiger partial charge in [-0.25, -0.2) is 9.78 Å². The second-order valence-corrected chi connectivity index (χ2v) is 10.0. The molecule has 2 aromatic heterocycles. The SMILES string of the molecule is COC(=O)c1c(-c2ccc(Cl)cc2)csc1NC(=O)c1c(C)c(-c2ccc(Cl)cc2)nc2ccccc12. The van der Waals surface area contributed by atoms with Gasteiger partial charge in [0, 0.05) is 31.9 Å². The average Bonchev–Trinajstić information content (AvgIpc) is 3.32. The molecule has 0 aliphatic rings. The van der Waals surface area contributed by atoms with Crippen LogP contribution in [0.25, 0.3) is 33.3 Å². The monoisotopic (exact) mass is 546 g/mol. The first-order valence-corrected chi connectivity index (χ1v) is 12.9. The highest BCUT2D eigenvalue weighted by molar-refractivity contribution is 7.15. The Bertz CT molecular complexity index is 1650. The highest BCUT2D eigenvalue weighted by Gasteiger charge is 2.25. The van der Waals surface area contributed by atoms with Gasteiger partial charge in [-0.2, -0.15) is 0 Å². The van der Waals surface area contributed by atoms with E-state index in [1.807, 2.05) is 60.8 Å². The lowest BCUT2D eigenvalue weighted by Crippen LogP contribution is -2.17. The van der Waals surface area contributed by atoms with E-state index in [0.717, 1.165) is 11.1 Å². The molecule has 1 amide bonds. The fourth-order valence-electron chi connectivity index (χ4n) is 4.25. The number of hydrogen-bond donors (Lipinski definition) is 1. The number of pyridine rings is 1. The number of rotatable bonds is 5. The number of ether oxygens (including phenoxy) is 1. The second-order valence-electron chi connectivity index (χ2n) is 8.29. The van der Waals surface area contributed by atoms with Gasteiger partial charge in [-0.1, -0.05) is 65.7 Å². The first kappa shape index (κ1) is 25.0. The van der Waals surface area contributed by atoms with Gasteiger partial charge in [0.1, 0.15) is 10.6 Å². The molecule has 0 radical (unpaired) electrons. The van der Waals surface area contributed by atoms with Crippen molar-refractivity contribution in [2.24, 2.45) is 0 Å². The van der Waals surface area contributed by atoms with Crippen LogP contribution in [0, 0.1) is 6.92 Å². The number of thiophene rings is 1. The van der Waals surface area contributed by atoms with Crippen LogP contribution in [0.4, 0.5) is 5.00 Å². The molecule has 0 unspecified atom stereocenters. The highest BCUT2D eigenvalue weighted by atomic mass is 35.5. The summed E-state index contributed by atoms with van der Waals surface area (Å²) in [6.07, 6.45) is 0. The largest absolute Gasteiger partial charge is 0.465 e. The quantitative estimate of drug-likeness (QED) is 0.225. The molecular weight excluding hydrogens is 527 g/mol. The summed E-state index contributed by atoms with van der Waals surface area (Å²) in [4.78, 5) is 31.5. The van der Waals surface area contributed by atoms with Gasteiger partial charge in [0.05, 0.1) is 23.9 Å². The molecule has 0 saturated heterocycles. The van der Waals surface area contributed by atoms with E-state index in [2.05, 4.69) is 5.32 Å². The number of para-hydroxylation sites is 1. The van der Waals surface area contributed by atoms with Crippen molar-refractivity contribution in [3.8, 4) is 22.4 Å². The summed E-state index contributed by atoms with van der Waals surface area (Å²) < 4.78 is 5.06. The number of anilines is 1. The van der Waals surface area contributed by atoms with Gasteiger partial charge in [-0.3, -0.25) is 4.79 Å². The summed E-state index contributed by atoms with van der Waals surface area (Å²) in [5.41, 5.74) is 5.14. The minimum absolute atomic E-state index is 0.289. The molecule has 5 nitrogen and oxygen atoms in total. The van der Waals surface area contributed by atoms with Gasteiger partial charge in [-0.15, -0.1) is 11.3 Å². The molecule has 1 N–H and O–H groups in total. The lowest BCUT2D eigenvalue weighted by Gasteiger charge is -2.15. The zero-order chi connectivity index (χ0) is 26.1. The van der Waals surface area contributed by atoms with Crippen LogP contribution in [-0.2, 0) is 4.74 Å². The van der Waals surface area contributed by atoms with Crippen molar-refractivity contribution in [1.82, 2.24) is 4.98 Å². The molecule has 0 aliphatic heterocycles.